The zero-order valence-electron chi connectivity index (χ0n) is 18.0. The molecule has 4 rings (SSSR count). The topological polar surface area (TPSA) is 172 Å². The van der Waals surface area contributed by atoms with E-state index in [1.54, 1.807) is 18.2 Å². The van der Waals surface area contributed by atoms with Crippen LogP contribution in [0.25, 0.3) is 21.9 Å². The van der Waals surface area contributed by atoms with Gasteiger partial charge in [-0.15, -0.1) is 0 Å². The Morgan fingerprint density at radius 2 is 1.79 bits per heavy atom. The van der Waals surface area contributed by atoms with E-state index in [1.165, 1.54) is 26.2 Å². The van der Waals surface area contributed by atoms with Crippen molar-refractivity contribution in [3.8, 4) is 5.75 Å². The van der Waals surface area contributed by atoms with Crippen LogP contribution >= 0.6 is 0 Å². The molecular weight excluding hydrogens is 440 g/mol. The summed E-state index contributed by atoms with van der Waals surface area (Å²) in [4.78, 5) is 11.6. The van der Waals surface area contributed by atoms with Crippen molar-refractivity contribution < 1.29 is 48.6 Å². The summed E-state index contributed by atoms with van der Waals surface area (Å²) in [6.07, 6.45) is -7.07. The molecule has 11 heteroatoms. The van der Waals surface area contributed by atoms with Crippen LogP contribution in [0.1, 0.15) is 13.8 Å². The molecule has 0 spiro atoms. The highest BCUT2D eigenvalue weighted by atomic mass is 16.7. The summed E-state index contributed by atoms with van der Waals surface area (Å²) >= 11 is 0. The number of fused-ring (bicyclic) bond motifs is 2. The van der Waals surface area contributed by atoms with Crippen LogP contribution in [0.2, 0.25) is 0 Å². The molecule has 1 aliphatic heterocycles. The van der Waals surface area contributed by atoms with Crippen LogP contribution in [-0.4, -0.2) is 81.2 Å². The third-order valence-corrected chi connectivity index (χ3v) is 5.62. The highest BCUT2D eigenvalue weighted by Crippen LogP contribution is 2.36. The fourth-order valence-corrected chi connectivity index (χ4v) is 3.68. The van der Waals surface area contributed by atoms with Gasteiger partial charge in [0.25, 0.3) is 0 Å². The number of rotatable bonds is 7. The molecular formula is C22H26O11. The van der Waals surface area contributed by atoms with Crippen molar-refractivity contribution in [1.82, 2.24) is 0 Å². The second kappa shape index (κ2) is 9.03. The maximum atomic E-state index is 11.6. The minimum absolute atomic E-state index is 0.239. The molecule has 5 N–H and O–H groups in total. The Balaban J connectivity index is 1.61. The van der Waals surface area contributed by atoms with Gasteiger partial charge in [0.1, 0.15) is 54.0 Å². The highest BCUT2D eigenvalue weighted by Gasteiger charge is 2.46. The zero-order valence-corrected chi connectivity index (χ0v) is 18.0. The first kappa shape index (κ1) is 23.6. The maximum absolute atomic E-state index is 11.6. The third kappa shape index (κ3) is 4.62. The van der Waals surface area contributed by atoms with Crippen molar-refractivity contribution in [1.29, 1.82) is 0 Å². The van der Waals surface area contributed by atoms with Crippen LogP contribution < -0.4 is 10.4 Å². The number of benzene rings is 1. The van der Waals surface area contributed by atoms with Crippen molar-refractivity contribution >= 4 is 21.9 Å². The van der Waals surface area contributed by atoms with Crippen molar-refractivity contribution in [2.24, 2.45) is 0 Å². The predicted octanol–water partition coefficient (Wildman–Crippen LogP) is -0.126. The molecule has 1 aliphatic rings. The lowest BCUT2D eigenvalue weighted by Crippen LogP contribution is -2.61. The van der Waals surface area contributed by atoms with Crippen molar-refractivity contribution in [2.75, 3.05) is 13.2 Å². The number of aliphatic hydroxyl groups is 5. The summed E-state index contributed by atoms with van der Waals surface area (Å²) in [6, 6.07) is 6.03. The second-order valence-electron chi connectivity index (χ2n) is 8.49. The van der Waals surface area contributed by atoms with Gasteiger partial charge < -0.3 is 48.6 Å². The van der Waals surface area contributed by atoms with Gasteiger partial charge in [-0.25, -0.2) is 4.79 Å². The number of hydrogen-bond donors (Lipinski definition) is 5. The Bertz CT molecular complexity index is 1160. The van der Waals surface area contributed by atoms with Crippen molar-refractivity contribution in [3.63, 3.8) is 0 Å². The largest absolute Gasteiger partial charge is 0.489 e. The summed E-state index contributed by atoms with van der Waals surface area (Å²) in [5, 5.41) is 51.4. The molecule has 6 atom stereocenters. The fourth-order valence-electron chi connectivity index (χ4n) is 3.68. The number of hydrogen-bond acceptors (Lipinski definition) is 11. The predicted molar refractivity (Wildman–Crippen MR) is 113 cm³/mol. The van der Waals surface area contributed by atoms with E-state index in [0.29, 0.717) is 22.1 Å². The van der Waals surface area contributed by atoms with Gasteiger partial charge in [-0.1, -0.05) is 0 Å². The van der Waals surface area contributed by atoms with Gasteiger partial charge in [-0.2, -0.15) is 0 Å². The van der Waals surface area contributed by atoms with E-state index < -0.39 is 54.6 Å². The van der Waals surface area contributed by atoms with Crippen LogP contribution in [0.4, 0.5) is 0 Å². The summed E-state index contributed by atoms with van der Waals surface area (Å²) in [5.74, 6) is 0.326. The van der Waals surface area contributed by atoms with Gasteiger partial charge in [0.2, 0.25) is 0 Å². The summed E-state index contributed by atoms with van der Waals surface area (Å²) < 4.78 is 27.8. The summed E-state index contributed by atoms with van der Waals surface area (Å²) in [6.45, 7) is 2.06. The molecule has 2 aromatic heterocycles. The lowest BCUT2D eigenvalue weighted by Gasteiger charge is -2.42. The average molecular weight is 466 g/mol. The van der Waals surface area contributed by atoms with Crippen molar-refractivity contribution in [2.45, 2.75) is 56.3 Å². The van der Waals surface area contributed by atoms with Gasteiger partial charge in [0, 0.05) is 12.1 Å². The summed E-state index contributed by atoms with van der Waals surface area (Å²) in [5.41, 5.74) is -1.37. The van der Waals surface area contributed by atoms with Crippen LogP contribution in [-0.2, 0) is 9.47 Å². The monoisotopic (exact) mass is 466 g/mol. The Kier molecular flexibility index (Phi) is 6.47. The maximum Gasteiger partial charge on any atom is 0.336 e. The molecule has 3 aromatic rings. The van der Waals surface area contributed by atoms with E-state index in [2.05, 4.69) is 0 Å². The first-order valence-corrected chi connectivity index (χ1v) is 10.4. The molecule has 11 nitrogen and oxygen atoms in total. The molecule has 0 amide bonds. The van der Waals surface area contributed by atoms with E-state index >= 15 is 0 Å². The minimum Gasteiger partial charge on any atom is -0.489 e. The second-order valence-corrected chi connectivity index (χ2v) is 8.49. The number of ether oxygens (including phenoxy) is 3. The van der Waals surface area contributed by atoms with Crippen LogP contribution in [0, 0.1) is 0 Å². The molecule has 1 aromatic carbocycles. The quantitative estimate of drug-likeness (QED) is 0.294. The SMILES string of the molecule is CC(C)(O)C(COc1c2ccoc2cc2oc(=O)ccc12)OC1OC(CO)C(O)C(O)C1O. The number of aliphatic hydroxyl groups excluding tert-OH is 4. The molecule has 0 aliphatic carbocycles. The van der Waals surface area contributed by atoms with Crippen LogP contribution in [0.5, 0.6) is 5.75 Å². The summed E-state index contributed by atoms with van der Waals surface area (Å²) in [7, 11) is 0. The van der Waals surface area contributed by atoms with E-state index in [4.69, 9.17) is 23.0 Å². The normalized spacial score (nSPS) is 27.2. The lowest BCUT2D eigenvalue weighted by atomic mass is 9.98. The van der Waals surface area contributed by atoms with Crippen LogP contribution in [0.15, 0.2) is 44.2 Å². The molecule has 1 saturated heterocycles. The number of furan rings is 1. The van der Waals surface area contributed by atoms with Crippen molar-refractivity contribution in [3.05, 3.63) is 40.9 Å². The molecule has 0 radical (unpaired) electrons. The fraction of sp³-hybridized carbons (Fsp3) is 0.500. The van der Waals surface area contributed by atoms with E-state index in [1.807, 2.05) is 0 Å². The standard InChI is InChI=1S/C22H26O11/c1-22(2,28)15(33-21-19(27)18(26)17(25)14(8-23)32-21)9-30-20-10-3-4-16(24)31-13(10)7-12-11(20)5-6-29-12/h3-7,14-15,17-19,21,23,25-28H,8-9H2,1-2H3. The first-order chi connectivity index (χ1) is 15.6. The molecule has 3 heterocycles. The van der Waals surface area contributed by atoms with E-state index in [0.717, 1.165) is 0 Å². The molecule has 0 saturated carbocycles. The van der Waals surface area contributed by atoms with Crippen LogP contribution in [0.3, 0.4) is 0 Å². The minimum atomic E-state index is -1.64. The molecule has 33 heavy (non-hydrogen) atoms. The first-order valence-electron chi connectivity index (χ1n) is 10.4. The van der Waals surface area contributed by atoms with Gasteiger partial charge in [-0.3, -0.25) is 0 Å². The van der Waals surface area contributed by atoms with Gasteiger partial charge >= 0.3 is 5.63 Å². The Labute approximate surface area is 187 Å². The van der Waals surface area contributed by atoms with Gasteiger partial charge in [0.15, 0.2) is 6.29 Å². The highest BCUT2D eigenvalue weighted by molar-refractivity contribution is 6.01. The van der Waals surface area contributed by atoms with Gasteiger partial charge in [-0.05, 0) is 26.0 Å². The lowest BCUT2D eigenvalue weighted by molar-refractivity contribution is -0.323. The third-order valence-electron chi connectivity index (χ3n) is 5.62. The smallest absolute Gasteiger partial charge is 0.336 e. The Morgan fingerprint density at radius 1 is 1.06 bits per heavy atom. The van der Waals surface area contributed by atoms with E-state index in [-0.39, 0.29) is 12.2 Å². The van der Waals surface area contributed by atoms with Gasteiger partial charge in [0.05, 0.1) is 29.2 Å². The molecule has 1 fully saturated rings. The van der Waals surface area contributed by atoms with E-state index in [9.17, 15) is 30.3 Å². The molecule has 180 valence electrons. The Morgan fingerprint density at radius 3 is 2.48 bits per heavy atom. The Hall–Kier alpha value is -2.51. The molecule has 0 bridgehead atoms. The zero-order chi connectivity index (χ0) is 23.9. The molecule has 6 unspecified atom stereocenters. The average Bonchev–Trinajstić information content (AvgIpc) is 3.22.